The number of ether oxygens (including phenoxy) is 2. The number of para-hydroxylation sites is 2. The lowest BCUT2D eigenvalue weighted by molar-refractivity contribution is -0.117. The van der Waals surface area contributed by atoms with Crippen molar-refractivity contribution >= 4 is 17.2 Å². The van der Waals surface area contributed by atoms with Crippen molar-refractivity contribution in [2.75, 3.05) is 19.5 Å². The van der Waals surface area contributed by atoms with Gasteiger partial charge in [-0.1, -0.05) is 42.5 Å². The highest BCUT2D eigenvalue weighted by Crippen LogP contribution is 2.23. The molecule has 0 aliphatic heterocycles. The van der Waals surface area contributed by atoms with Gasteiger partial charge in [-0.25, -0.2) is 18.9 Å². The van der Waals surface area contributed by atoms with E-state index in [0.29, 0.717) is 28.6 Å². The van der Waals surface area contributed by atoms with Crippen LogP contribution in [0.1, 0.15) is 5.69 Å². The number of amides is 1. The average molecular weight is 419 g/mol. The standard InChI is InChI=1S/C22H21N5O4/c1-30-14-16-12-19-25-26(13-20(28)24-17-10-6-7-11-18(17)31-2)22(29)27(19)21(23-16)15-8-4-3-5-9-15/h3-12H,13-14H2,1-2H3,(H,24,28). The molecule has 9 nitrogen and oxygen atoms in total. The molecule has 0 radical (unpaired) electrons. The van der Waals surface area contributed by atoms with Gasteiger partial charge in [-0.2, -0.15) is 0 Å². The molecular formula is C22H21N5O4. The van der Waals surface area contributed by atoms with Gasteiger partial charge in [-0.15, -0.1) is 5.10 Å². The van der Waals surface area contributed by atoms with Gasteiger partial charge in [0.25, 0.3) is 0 Å². The number of hydrogen-bond donors (Lipinski definition) is 1. The molecule has 0 saturated heterocycles. The summed E-state index contributed by atoms with van der Waals surface area (Å²) in [5, 5.41) is 7.10. The maximum atomic E-state index is 13.1. The molecule has 2 aromatic carbocycles. The lowest BCUT2D eigenvalue weighted by Gasteiger charge is -2.09. The van der Waals surface area contributed by atoms with Crippen LogP contribution in [-0.2, 0) is 22.7 Å². The maximum absolute atomic E-state index is 13.1. The van der Waals surface area contributed by atoms with Gasteiger partial charge in [0.15, 0.2) is 5.65 Å². The molecule has 0 aliphatic rings. The summed E-state index contributed by atoms with van der Waals surface area (Å²) in [5.74, 6) is 0.561. The van der Waals surface area contributed by atoms with Gasteiger partial charge in [-0.3, -0.25) is 4.79 Å². The van der Waals surface area contributed by atoms with E-state index in [4.69, 9.17) is 9.47 Å². The molecule has 2 aromatic heterocycles. The van der Waals surface area contributed by atoms with Crippen molar-refractivity contribution in [3.05, 3.63) is 76.8 Å². The van der Waals surface area contributed by atoms with Crippen LogP contribution in [0.25, 0.3) is 17.0 Å². The third-order valence-electron chi connectivity index (χ3n) is 4.62. The van der Waals surface area contributed by atoms with Crippen LogP contribution in [0.4, 0.5) is 5.69 Å². The largest absolute Gasteiger partial charge is 0.495 e. The highest BCUT2D eigenvalue weighted by atomic mass is 16.5. The summed E-state index contributed by atoms with van der Waals surface area (Å²) in [5.41, 5.74) is 1.83. The molecule has 0 saturated carbocycles. The number of methoxy groups -OCH3 is 2. The lowest BCUT2D eigenvalue weighted by atomic mass is 10.2. The van der Waals surface area contributed by atoms with Crippen molar-refractivity contribution in [1.82, 2.24) is 19.2 Å². The van der Waals surface area contributed by atoms with Crippen molar-refractivity contribution in [2.24, 2.45) is 0 Å². The smallest absolute Gasteiger partial charge is 0.352 e. The van der Waals surface area contributed by atoms with Gasteiger partial charge in [0.05, 0.1) is 25.1 Å². The Morgan fingerprint density at radius 3 is 2.55 bits per heavy atom. The number of nitrogens with zero attached hydrogens (tertiary/aromatic N) is 4. The van der Waals surface area contributed by atoms with Crippen LogP contribution in [-0.4, -0.2) is 39.3 Å². The highest BCUT2D eigenvalue weighted by molar-refractivity contribution is 5.92. The topological polar surface area (TPSA) is 99.8 Å². The van der Waals surface area contributed by atoms with Crippen LogP contribution in [0, 0.1) is 0 Å². The molecule has 1 amide bonds. The molecule has 2 heterocycles. The molecule has 0 bridgehead atoms. The minimum absolute atomic E-state index is 0.258. The van der Waals surface area contributed by atoms with Crippen LogP contribution in [0.5, 0.6) is 5.75 Å². The number of hydrogen-bond acceptors (Lipinski definition) is 6. The molecule has 0 aliphatic carbocycles. The fraction of sp³-hybridized carbons (Fsp3) is 0.182. The van der Waals surface area contributed by atoms with Crippen LogP contribution < -0.4 is 15.7 Å². The predicted octanol–water partition coefficient (Wildman–Crippen LogP) is 2.35. The minimum Gasteiger partial charge on any atom is -0.495 e. The van der Waals surface area contributed by atoms with E-state index in [0.717, 1.165) is 10.2 Å². The second-order valence-corrected chi connectivity index (χ2v) is 6.75. The second kappa shape index (κ2) is 8.80. The molecule has 9 heteroatoms. The van der Waals surface area contributed by atoms with Crippen LogP contribution in [0.3, 0.4) is 0 Å². The van der Waals surface area contributed by atoms with E-state index in [9.17, 15) is 9.59 Å². The van der Waals surface area contributed by atoms with Crippen molar-refractivity contribution in [3.63, 3.8) is 0 Å². The Morgan fingerprint density at radius 1 is 1.06 bits per heavy atom. The third-order valence-corrected chi connectivity index (χ3v) is 4.62. The Balaban J connectivity index is 1.72. The van der Waals surface area contributed by atoms with Crippen molar-refractivity contribution in [2.45, 2.75) is 13.2 Å². The predicted molar refractivity (Wildman–Crippen MR) is 115 cm³/mol. The number of nitrogens with one attached hydrogen (secondary N) is 1. The van der Waals surface area contributed by atoms with E-state index in [-0.39, 0.29) is 13.2 Å². The summed E-state index contributed by atoms with van der Waals surface area (Å²) in [6.45, 7) is 0.0120. The number of anilines is 1. The van der Waals surface area contributed by atoms with Crippen molar-refractivity contribution < 1.29 is 14.3 Å². The Hall–Kier alpha value is -3.98. The summed E-state index contributed by atoms with van der Waals surface area (Å²) >= 11 is 0. The highest BCUT2D eigenvalue weighted by Gasteiger charge is 2.17. The van der Waals surface area contributed by atoms with Gasteiger partial charge in [0.1, 0.15) is 18.1 Å². The SMILES string of the molecule is COCc1cc2nn(CC(=O)Nc3ccccc3OC)c(=O)n2c(-c2ccccc2)n1. The molecule has 31 heavy (non-hydrogen) atoms. The number of fused-ring (bicyclic) bond motifs is 1. The molecule has 0 atom stereocenters. The van der Waals surface area contributed by atoms with E-state index in [1.165, 1.54) is 11.5 Å². The average Bonchev–Trinajstić information content (AvgIpc) is 3.09. The molecule has 0 spiro atoms. The first-order valence-electron chi connectivity index (χ1n) is 9.57. The summed E-state index contributed by atoms with van der Waals surface area (Å²) in [6.07, 6.45) is 0. The van der Waals surface area contributed by atoms with Gasteiger partial charge in [0, 0.05) is 18.7 Å². The number of aromatic nitrogens is 4. The molecule has 4 rings (SSSR count). The minimum atomic E-state index is -0.458. The van der Waals surface area contributed by atoms with Crippen LogP contribution in [0.15, 0.2) is 65.5 Å². The zero-order valence-corrected chi connectivity index (χ0v) is 17.1. The molecule has 4 aromatic rings. The Labute approximate surface area is 177 Å². The second-order valence-electron chi connectivity index (χ2n) is 6.75. The molecule has 0 fully saturated rings. The van der Waals surface area contributed by atoms with Gasteiger partial charge < -0.3 is 14.8 Å². The summed E-state index contributed by atoms with van der Waals surface area (Å²) in [4.78, 5) is 30.3. The van der Waals surface area contributed by atoms with E-state index < -0.39 is 11.6 Å². The Morgan fingerprint density at radius 2 is 1.81 bits per heavy atom. The summed E-state index contributed by atoms with van der Waals surface area (Å²) < 4.78 is 13.0. The van der Waals surface area contributed by atoms with Gasteiger partial charge >= 0.3 is 5.69 Å². The maximum Gasteiger partial charge on any atom is 0.352 e. The van der Waals surface area contributed by atoms with E-state index in [1.807, 2.05) is 30.3 Å². The number of rotatable bonds is 7. The normalized spacial score (nSPS) is 10.9. The van der Waals surface area contributed by atoms with Crippen molar-refractivity contribution in [3.8, 4) is 17.1 Å². The molecule has 1 N–H and O–H groups in total. The van der Waals surface area contributed by atoms with E-state index >= 15 is 0 Å². The molecule has 158 valence electrons. The number of carbonyl (C=O) groups excluding carboxylic acids is 1. The van der Waals surface area contributed by atoms with E-state index in [2.05, 4.69) is 15.4 Å². The zero-order valence-electron chi connectivity index (χ0n) is 17.1. The Kier molecular flexibility index (Phi) is 5.76. The zero-order chi connectivity index (χ0) is 21.8. The fourth-order valence-electron chi connectivity index (χ4n) is 3.26. The third kappa shape index (κ3) is 4.17. The summed E-state index contributed by atoms with van der Waals surface area (Å²) in [7, 11) is 3.09. The monoisotopic (exact) mass is 419 g/mol. The number of benzene rings is 2. The fourth-order valence-corrected chi connectivity index (χ4v) is 3.26. The van der Waals surface area contributed by atoms with Gasteiger partial charge in [0.2, 0.25) is 5.91 Å². The first kappa shape index (κ1) is 20.3. The first-order chi connectivity index (χ1) is 15.1. The van der Waals surface area contributed by atoms with Crippen LogP contribution in [0.2, 0.25) is 0 Å². The van der Waals surface area contributed by atoms with Gasteiger partial charge in [-0.05, 0) is 12.1 Å². The quantitative estimate of drug-likeness (QED) is 0.494. The van der Waals surface area contributed by atoms with E-state index in [1.54, 1.807) is 37.4 Å². The Bertz CT molecular complexity index is 1280. The van der Waals surface area contributed by atoms with Crippen LogP contribution >= 0.6 is 0 Å². The molecule has 0 unspecified atom stereocenters. The number of carbonyl (C=O) groups is 1. The van der Waals surface area contributed by atoms with Crippen molar-refractivity contribution in [1.29, 1.82) is 0 Å². The summed E-state index contributed by atoms with van der Waals surface area (Å²) in [6, 6.07) is 18.0. The molecular weight excluding hydrogens is 398 g/mol. The lowest BCUT2D eigenvalue weighted by Crippen LogP contribution is -2.29. The first-order valence-corrected chi connectivity index (χ1v) is 9.57.